The van der Waals surface area contributed by atoms with Crippen molar-refractivity contribution < 1.29 is 9.53 Å². The summed E-state index contributed by atoms with van der Waals surface area (Å²) in [6, 6.07) is 12.9. The number of benzene rings is 2. The molecule has 0 aromatic heterocycles. The van der Waals surface area contributed by atoms with Gasteiger partial charge in [0.05, 0.1) is 7.11 Å². The van der Waals surface area contributed by atoms with Crippen LogP contribution >= 0.6 is 0 Å². The lowest BCUT2D eigenvalue weighted by Gasteiger charge is -2.09. The van der Waals surface area contributed by atoms with Crippen LogP contribution in [-0.2, 0) is 6.54 Å². The molecule has 2 aromatic rings. The van der Waals surface area contributed by atoms with Crippen LogP contribution in [0, 0.1) is 6.92 Å². The Bertz CT molecular complexity index is 624. The van der Waals surface area contributed by atoms with Gasteiger partial charge in [0.25, 0.3) is 5.91 Å². The highest BCUT2D eigenvalue weighted by Gasteiger charge is 2.08. The van der Waals surface area contributed by atoms with E-state index >= 15 is 0 Å². The molecule has 0 saturated carbocycles. The fourth-order valence-electron chi connectivity index (χ4n) is 1.96. The average molecular weight is 270 g/mol. The Labute approximate surface area is 118 Å². The number of carbonyl (C=O) groups is 1. The lowest BCUT2D eigenvalue weighted by Crippen LogP contribution is -2.23. The van der Waals surface area contributed by atoms with E-state index in [1.807, 2.05) is 31.2 Å². The molecular formula is C16H18N2O2. The first-order valence-electron chi connectivity index (χ1n) is 6.37. The first-order chi connectivity index (χ1) is 9.60. The largest absolute Gasteiger partial charge is 0.497 e. The molecule has 104 valence electrons. The molecule has 1 amide bonds. The van der Waals surface area contributed by atoms with Crippen molar-refractivity contribution >= 4 is 11.6 Å². The van der Waals surface area contributed by atoms with E-state index in [9.17, 15) is 4.79 Å². The number of amides is 1. The van der Waals surface area contributed by atoms with Crippen molar-refractivity contribution in [3.8, 4) is 5.75 Å². The van der Waals surface area contributed by atoms with Gasteiger partial charge in [-0.2, -0.15) is 0 Å². The van der Waals surface area contributed by atoms with Crippen molar-refractivity contribution in [2.24, 2.45) is 0 Å². The second-order valence-corrected chi connectivity index (χ2v) is 4.60. The Morgan fingerprint density at radius 1 is 1.25 bits per heavy atom. The van der Waals surface area contributed by atoms with Crippen molar-refractivity contribution in [1.82, 2.24) is 5.32 Å². The van der Waals surface area contributed by atoms with Crippen LogP contribution < -0.4 is 15.8 Å². The Hall–Kier alpha value is -2.49. The minimum absolute atomic E-state index is 0.168. The number of hydrogen-bond donors (Lipinski definition) is 2. The zero-order valence-corrected chi connectivity index (χ0v) is 11.6. The van der Waals surface area contributed by atoms with Gasteiger partial charge in [-0.15, -0.1) is 0 Å². The van der Waals surface area contributed by atoms with Crippen LogP contribution in [-0.4, -0.2) is 13.0 Å². The van der Waals surface area contributed by atoms with E-state index in [1.54, 1.807) is 25.3 Å². The molecule has 4 nitrogen and oxygen atoms in total. The highest BCUT2D eigenvalue weighted by Crippen LogP contribution is 2.18. The summed E-state index contributed by atoms with van der Waals surface area (Å²) in [5.74, 6) is 0.407. The Morgan fingerprint density at radius 2 is 2.00 bits per heavy atom. The van der Waals surface area contributed by atoms with Crippen molar-refractivity contribution in [3.05, 3.63) is 59.2 Å². The number of nitrogen functional groups attached to an aromatic ring is 1. The molecule has 0 fully saturated rings. The van der Waals surface area contributed by atoms with Crippen LogP contribution in [0.25, 0.3) is 0 Å². The fourth-order valence-corrected chi connectivity index (χ4v) is 1.96. The van der Waals surface area contributed by atoms with Gasteiger partial charge in [0.15, 0.2) is 0 Å². The number of anilines is 1. The number of ether oxygens (including phenoxy) is 1. The monoisotopic (exact) mass is 270 g/mol. The van der Waals surface area contributed by atoms with Crippen LogP contribution in [0.4, 0.5) is 5.69 Å². The normalized spacial score (nSPS) is 10.1. The van der Waals surface area contributed by atoms with Crippen LogP contribution in [0.3, 0.4) is 0 Å². The van der Waals surface area contributed by atoms with Crippen molar-refractivity contribution in [2.45, 2.75) is 13.5 Å². The molecular weight excluding hydrogens is 252 g/mol. The summed E-state index contributed by atoms with van der Waals surface area (Å²) in [5.41, 5.74) is 8.99. The predicted octanol–water partition coefficient (Wildman–Crippen LogP) is 2.52. The van der Waals surface area contributed by atoms with Gasteiger partial charge in [-0.25, -0.2) is 0 Å². The Balaban J connectivity index is 2.09. The SMILES string of the molecule is COc1cc(N)cc(C(=O)NCc2ccccc2C)c1. The summed E-state index contributed by atoms with van der Waals surface area (Å²) in [4.78, 5) is 12.1. The second kappa shape index (κ2) is 6.10. The number of methoxy groups -OCH3 is 1. The van der Waals surface area contributed by atoms with Crippen molar-refractivity contribution in [1.29, 1.82) is 0 Å². The van der Waals surface area contributed by atoms with Crippen LogP contribution in [0.15, 0.2) is 42.5 Å². The smallest absolute Gasteiger partial charge is 0.251 e. The van der Waals surface area contributed by atoms with Crippen LogP contribution in [0.1, 0.15) is 21.5 Å². The van der Waals surface area contributed by atoms with Crippen LogP contribution in [0.2, 0.25) is 0 Å². The molecule has 0 aliphatic rings. The van der Waals surface area contributed by atoms with Crippen LogP contribution in [0.5, 0.6) is 5.75 Å². The van der Waals surface area contributed by atoms with E-state index < -0.39 is 0 Å². The number of hydrogen-bond acceptors (Lipinski definition) is 3. The summed E-state index contributed by atoms with van der Waals surface area (Å²) < 4.78 is 5.11. The molecule has 0 radical (unpaired) electrons. The third-order valence-electron chi connectivity index (χ3n) is 3.13. The zero-order chi connectivity index (χ0) is 14.5. The molecule has 0 aliphatic carbocycles. The molecule has 0 bridgehead atoms. The fraction of sp³-hybridized carbons (Fsp3) is 0.188. The van der Waals surface area contributed by atoms with E-state index in [2.05, 4.69) is 5.32 Å². The number of aryl methyl sites for hydroxylation is 1. The predicted molar refractivity (Wildman–Crippen MR) is 79.8 cm³/mol. The summed E-state index contributed by atoms with van der Waals surface area (Å²) in [6.07, 6.45) is 0. The van der Waals surface area contributed by atoms with Gasteiger partial charge in [-0.05, 0) is 30.2 Å². The highest BCUT2D eigenvalue weighted by atomic mass is 16.5. The van der Waals surface area contributed by atoms with Gasteiger partial charge >= 0.3 is 0 Å². The average Bonchev–Trinajstić information content (AvgIpc) is 2.45. The molecule has 3 N–H and O–H groups in total. The second-order valence-electron chi connectivity index (χ2n) is 4.60. The quantitative estimate of drug-likeness (QED) is 0.839. The standard InChI is InChI=1S/C16H18N2O2/c1-11-5-3-4-6-12(11)10-18-16(19)13-7-14(17)9-15(8-13)20-2/h3-9H,10,17H2,1-2H3,(H,18,19). The topological polar surface area (TPSA) is 64.3 Å². The van der Waals surface area contributed by atoms with Gasteiger partial charge in [0.2, 0.25) is 0 Å². The third-order valence-corrected chi connectivity index (χ3v) is 3.13. The number of nitrogens with two attached hydrogens (primary N) is 1. The maximum Gasteiger partial charge on any atom is 0.251 e. The number of rotatable bonds is 4. The summed E-state index contributed by atoms with van der Waals surface area (Å²) in [7, 11) is 1.55. The van der Waals surface area contributed by atoms with Gasteiger partial charge in [0, 0.05) is 23.9 Å². The molecule has 2 aromatic carbocycles. The number of nitrogens with one attached hydrogen (secondary N) is 1. The minimum Gasteiger partial charge on any atom is -0.497 e. The molecule has 0 unspecified atom stereocenters. The third kappa shape index (κ3) is 3.29. The zero-order valence-electron chi connectivity index (χ0n) is 11.6. The minimum atomic E-state index is -0.168. The van der Waals surface area contributed by atoms with E-state index in [-0.39, 0.29) is 5.91 Å². The molecule has 2 rings (SSSR count). The van der Waals surface area contributed by atoms with Gasteiger partial charge in [-0.3, -0.25) is 4.79 Å². The molecule has 0 heterocycles. The first-order valence-corrected chi connectivity index (χ1v) is 6.37. The van der Waals surface area contributed by atoms with E-state index in [0.29, 0.717) is 23.5 Å². The van der Waals surface area contributed by atoms with Crippen molar-refractivity contribution in [3.63, 3.8) is 0 Å². The number of carbonyl (C=O) groups excluding carboxylic acids is 1. The molecule has 0 spiro atoms. The van der Waals surface area contributed by atoms with E-state index in [0.717, 1.165) is 11.1 Å². The van der Waals surface area contributed by atoms with Gasteiger partial charge < -0.3 is 15.8 Å². The molecule has 20 heavy (non-hydrogen) atoms. The molecule has 0 atom stereocenters. The lowest BCUT2D eigenvalue weighted by molar-refractivity contribution is 0.0950. The molecule has 0 saturated heterocycles. The summed E-state index contributed by atoms with van der Waals surface area (Å²) in [5, 5.41) is 2.88. The molecule has 0 aliphatic heterocycles. The Morgan fingerprint density at radius 3 is 2.70 bits per heavy atom. The van der Waals surface area contributed by atoms with E-state index in [4.69, 9.17) is 10.5 Å². The maximum atomic E-state index is 12.1. The van der Waals surface area contributed by atoms with Gasteiger partial charge in [-0.1, -0.05) is 24.3 Å². The maximum absolute atomic E-state index is 12.1. The summed E-state index contributed by atoms with van der Waals surface area (Å²) in [6.45, 7) is 2.51. The highest BCUT2D eigenvalue weighted by molar-refractivity contribution is 5.95. The Kier molecular flexibility index (Phi) is 4.25. The lowest BCUT2D eigenvalue weighted by atomic mass is 10.1. The van der Waals surface area contributed by atoms with Crippen molar-refractivity contribution in [2.75, 3.05) is 12.8 Å². The molecule has 4 heteroatoms. The summed E-state index contributed by atoms with van der Waals surface area (Å²) >= 11 is 0. The van der Waals surface area contributed by atoms with Gasteiger partial charge in [0.1, 0.15) is 5.75 Å². The van der Waals surface area contributed by atoms with E-state index in [1.165, 1.54) is 0 Å². The first kappa shape index (κ1) is 13.9.